The fraction of sp³-hybridized carbons (Fsp3) is 0.846. The zero-order chi connectivity index (χ0) is 14.7. The largest absolute Gasteiger partial charge is 0.464 e. The molecule has 5 nitrogen and oxygen atoms in total. The summed E-state index contributed by atoms with van der Waals surface area (Å²) in [6.45, 7) is 7.44. The van der Waals surface area contributed by atoms with E-state index in [0.29, 0.717) is 23.4 Å². The molecule has 1 N–H and O–H groups in total. The van der Waals surface area contributed by atoms with Gasteiger partial charge in [-0.05, 0) is 47.0 Å². The molecule has 0 aromatic carbocycles. The molecular weight excluding hydrogens is 361 g/mol. The second-order valence-corrected chi connectivity index (χ2v) is 7.53. The van der Waals surface area contributed by atoms with Crippen LogP contribution in [-0.2, 0) is 14.3 Å². The average molecular weight is 383 g/mol. The molecule has 1 amide bonds. The van der Waals surface area contributed by atoms with Gasteiger partial charge in [0.25, 0.3) is 0 Å². The van der Waals surface area contributed by atoms with Crippen LogP contribution in [0.25, 0.3) is 0 Å². The van der Waals surface area contributed by atoms with Crippen molar-refractivity contribution in [1.29, 1.82) is 0 Å². The van der Waals surface area contributed by atoms with Crippen LogP contribution >= 0.6 is 22.6 Å². The van der Waals surface area contributed by atoms with Gasteiger partial charge < -0.3 is 14.8 Å². The van der Waals surface area contributed by atoms with Gasteiger partial charge in [-0.3, -0.25) is 0 Å². The van der Waals surface area contributed by atoms with E-state index in [4.69, 9.17) is 9.47 Å². The number of esters is 1. The summed E-state index contributed by atoms with van der Waals surface area (Å²) in [5.74, 6) is -0.361. The van der Waals surface area contributed by atoms with Crippen molar-refractivity contribution < 1.29 is 19.1 Å². The Bertz CT molecular complexity index is 353. The number of carbonyl (C=O) groups is 2. The minimum Gasteiger partial charge on any atom is -0.464 e. The SMILES string of the molecule is CCOC(=O)[C@]1(NC(=O)OC(C)(C)C)CC[C@@H](I)C1. The van der Waals surface area contributed by atoms with Crippen LogP contribution in [0.1, 0.15) is 47.0 Å². The Kier molecular flexibility index (Phi) is 5.46. The third-order valence-corrected chi connectivity index (χ3v) is 3.92. The number of alkyl carbamates (subject to hydrolysis) is 1. The zero-order valence-corrected chi connectivity index (χ0v) is 14.1. The van der Waals surface area contributed by atoms with E-state index >= 15 is 0 Å². The Hall–Kier alpha value is -0.530. The van der Waals surface area contributed by atoms with Gasteiger partial charge in [0.1, 0.15) is 11.1 Å². The lowest BCUT2D eigenvalue weighted by Gasteiger charge is -2.29. The molecule has 0 aromatic heterocycles. The summed E-state index contributed by atoms with van der Waals surface area (Å²) in [7, 11) is 0. The van der Waals surface area contributed by atoms with E-state index in [1.807, 2.05) is 0 Å². The number of hydrogen-bond acceptors (Lipinski definition) is 4. The van der Waals surface area contributed by atoms with Crippen LogP contribution in [0.2, 0.25) is 0 Å². The Labute approximate surface area is 127 Å². The molecule has 1 saturated carbocycles. The van der Waals surface area contributed by atoms with E-state index in [2.05, 4.69) is 27.9 Å². The van der Waals surface area contributed by atoms with Gasteiger partial charge in [0.15, 0.2) is 0 Å². The van der Waals surface area contributed by atoms with Crippen LogP contribution in [0, 0.1) is 0 Å². The molecule has 0 saturated heterocycles. The number of alkyl halides is 1. The minimum atomic E-state index is -0.926. The molecule has 1 fully saturated rings. The number of rotatable bonds is 3. The van der Waals surface area contributed by atoms with Gasteiger partial charge in [-0.2, -0.15) is 0 Å². The normalized spacial score (nSPS) is 26.9. The fourth-order valence-electron chi connectivity index (χ4n) is 2.10. The number of hydrogen-bond donors (Lipinski definition) is 1. The van der Waals surface area contributed by atoms with Gasteiger partial charge in [-0.25, -0.2) is 9.59 Å². The van der Waals surface area contributed by atoms with Gasteiger partial charge in [0.05, 0.1) is 6.61 Å². The molecule has 0 unspecified atom stereocenters. The van der Waals surface area contributed by atoms with E-state index in [0.717, 1.165) is 6.42 Å². The molecule has 0 heterocycles. The van der Waals surface area contributed by atoms with E-state index < -0.39 is 17.2 Å². The van der Waals surface area contributed by atoms with E-state index in [9.17, 15) is 9.59 Å². The summed E-state index contributed by atoms with van der Waals surface area (Å²) >= 11 is 2.29. The fourth-order valence-corrected chi connectivity index (χ4v) is 3.17. The van der Waals surface area contributed by atoms with Crippen LogP contribution in [0.5, 0.6) is 0 Å². The van der Waals surface area contributed by atoms with Crippen molar-refractivity contribution in [3.05, 3.63) is 0 Å². The lowest BCUT2D eigenvalue weighted by atomic mass is 9.98. The zero-order valence-electron chi connectivity index (χ0n) is 11.9. The molecule has 6 heteroatoms. The minimum absolute atomic E-state index is 0.308. The van der Waals surface area contributed by atoms with Crippen molar-refractivity contribution in [2.45, 2.75) is 62.0 Å². The van der Waals surface area contributed by atoms with Gasteiger partial charge in [0, 0.05) is 3.92 Å². The highest BCUT2D eigenvalue weighted by Crippen LogP contribution is 2.36. The molecule has 110 valence electrons. The predicted octanol–water partition coefficient (Wildman–Crippen LogP) is 2.80. The first kappa shape index (κ1) is 16.5. The van der Waals surface area contributed by atoms with Crippen LogP contribution < -0.4 is 5.32 Å². The van der Waals surface area contributed by atoms with Crippen LogP contribution in [0.4, 0.5) is 4.79 Å². The third-order valence-electron chi connectivity index (χ3n) is 2.86. The average Bonchev–Trinajstić information content (AvgIpc) is 2.58. The lowest BCUT2D eigenvalue weighted by molar-refractivity contribution is -0.151. The van der Waals surface area contributed by atoms with E-state index in [-0.39, 0.29) is 5.97 Å². The van der Waals surface area contributed by atoms with Gasteiger partial charge in [-0.15, -0.1) is 0 Å². The molecule has 0 radical (unpaired) electrons. The lowest BCUT2D eigenvalue weighted by Crippen LogP contribution is -2.54. The van der Waals surface area contributed by atoms with Gasteiger partial charge >= 0.3 is 12.1 Å². The van der Waals surface area contributed by atoms with Crippen LogP contribution in [0.3, 0.4) is 0 Å². The van der Waals surface area contributed by atoms with Crippen molar-refractivity contribution in [3.8, 4) is 0 Å². The Morgan fingerprint density at radius 1 is 1.42 bits per heavy atom. The first-order chi connectivity index (χ1) is 8.68. The highest BCUT2D eigenvalue weighted by molar-refractivity contribution is 14.1. The highest BCUT2D eigenvalue weighted by atomic mass is 127. The maximum Gasteiger partial charge on any atom is 0.408 e. The number of ether oxygens (including phenoxy) is 2. The number of nitrogens with one attached hydrogen (secondary N) is 1. The quantitative estimate of drug-likeness (QED) is 0.463. The molecule has 1 aliphatic rings. The molecule has 0 bridgehead atoms. The van der Waals surface area contributed by atoms with Crippen molar-refractivity contribution in [1.82, 2.24) is 5.32 Å². The summed E-state index contributed by atoms with van der Waals surface area (Å²) in [4.78, 5) is 24.0. The second kappa shape index (κ2) is 6.28. The summed E-state index contributed by atoms with van der Waals surface area (Å²) in [6, 6.07) is 0. The maximum absolute atomic E-state index is 12.1. The smallest absolute Gasteiger partial charge is 0.408 e. The van der Waals surface area contributed by atoms with Crippen LogP contribution in [-0.4, -0.2) is 33.7 Å². The number of amides is 1. The molecule has 2 atom stereocenters. The highest BCUT2D eigenvalue weighted by Gasteiger charge is 2.47. The van der Waals surface area contributed by atoms with Crippen molar-refractivity contribution >= 4 is 34.7 Å². The van der Waals surface area contributed by atoms with Crippen molar-refractivity contribution in [2.75, 3.05) is 6.61 Å². The third kappa shape index (κ3) is 4.81. The molecule has 1 aliphatic carbocycles. The number of carbonyl (C=O) groups excluding carboxylic acids is 2. The molecule has 0 aromatic rings. The first-order valence-corrected chi connectivity index (χ1v) is 7.75. The molecule has 1 rings (SSSR count). The first-order valence-electron chi connectivity index (χ1n) is 6.51. The molecule has 19 heavy (non-hydrogen) atoms. The Morgan fingerprint density at radius 3 is 2.47 bits per heavy atom. The number of halogens is 1. The molecule has 0 spiro atoms. The predicted molar refractivity (Wildman–Crippen MR) is 80.4 cm³/mol. The van der Waals surface area contributed by atoms with Gasteiger partial charge in [0.2, 0.25) is 0 Å². The molecule has 0 aliphatic heterocycles. The van der Waals surface area contributed by atoms with E-state index in [1.54, 1.807) is 27.7 Å². The monoisotopic (exact) mass is 383 g/mol. The standard InChI is InChI=1S/C13H22INO4/c1-5-18-10(16)13(7-6-9(14)8-13)15-11(17)19-12(2,3)4/h9H,5-8H2,1-4H3,(H,15,17)/t9-,13+/m1/s1. The summed E-state index contributed by atoms with van der Waals surface area (Å²) < 4.78 is 10.7. The summed E-state index contributed by atoms with van der Waals surface area (Å²) in [5.41, 5.74) is -1.51. The van der Waals surface area contributed by atoms with Crippen LogP contribution in [0.15, 0.2) is 0 Å². The maximum atomic E-state index is 12.1. The van der Waals surface area contributed by atoms with Crippen molar-refractivity contribution in [2.24, 2.45) is 0 Å². The summed E-state index contributed by atoms with van der Waals surface area (Å²) in [6.07, 6.45) is 1.51. The van der Waals surface area contributed by atoms with Gasteiger partial charge in [-0.1, -0.05) is 22.6 Å². The topological polar surface area (TPSA) is 64.6 Å². The Balaban J connectivity index is 2.76. The van der Waals surface area contributed by atoms with Crippen molar-refractivity contribution in [3.63, 3.8) is 0 Å². The Morgan fingerprint density at radius 2 is 2.05 bits per heavy atom. The summed E-state index contributed by atoms with van der Waals surface area (Å²) in [5, 5.41) is 2.72. The van der Waals surface area contributed by atoms with E-state index in [1.165, 1.54) is 0 Å². The molecular formula is C13H22INO4. The second-order valence-electron chi connectivity index (χ2n) is 5.77.